The van der Waals surface area contributed by atoms with E-state index in [4.69, 9.17) is 5.73 Å². The van der Waals surface area contributed by atoms with E-state index >= 15 is 0 Å². The van der Waals surface area contributed by atoms with Crippen molar-refractivity contribution in [3.63, 3.8) is 0 Å². The molecule has 2 N–H and O–H groups in total. The molecule has 0 aliphatic carbocycles. The van der Waals surface area contributed by atoms with Gasteiger partial charge in [0.25, 0.3) is 0 Å². The molecule has 2 aromatic rings. The molecule has 0 amide bonds. The van der Waals surface area contributed by atoms with Gasteiger partial charge in [-0.2, -0.15) is 0 Å². The SMILES string of the molecule is NC1CCCn2c(Cc3ccccc3)nnc21. The van der Waals surface area contributed by atoms with Crippen LogP contribution < -0.4 is 5.73 Å². The highest BCUT2D eigenvalue weighted by Crippen LogP contribution is 2.22. The van der Waals surface area contributed by atoms with Gasteiger partial charge in [0.05, 0.1) is 6.04 Å². The molecule has 1 atom stereocenters. The summed E-state index contributed by atoms with van der Waals surface area (Å²) in [4.78, 5) is 0. The van der Waals surface area contributed by atoms with Crippen LogP contribution in [0.2, 0.25) is 0 Å². The fraction of sp³-hybridized carbons (Fsp3) is 0.385. The molecule has 0 saturated carbocycles. The Labute approximate surface area is 100 Å². The van der Waals surface area contributed by atoms with Crippen molar-refractivity contribution in [2.45, 2.75) is 31.8 Å². The summed E-state index contributed by atoms with van der Waals surface area (Å²) in [6.45, 7) is 0.998. The van der Waals surface area contributed by atoms with Crippen LogP contribution in [0.1, 0.15) is 36.1 Å². The molecule has 17 heavy (non-hydrogen) atoms. The van der Waals surface area contributed by atoms with Gasteiger partial charge in [-0.25, -0.2) is 0 Å². The smallest absolute Gasteiger partial charge is 0.149 e. The van der Waals surface area contributed by atoms with E-state index in [0.717, 1.165) is 37.5 Å². The zero-order valence-electron chi connectivity index (χ0n) is 9.71. The molecule has 0 fully saturated rings. The molecule has 0 spiro atoms. The Hall–Kier alpha value is -1.68. The Morgan fingerprint density at radius 1 is 1.24 bits per heavy atom. The van der Waals surface area contributed by atoms with E-state index in [0.29, 0.717) is 0 Å². The van der Waals surface area contributed by atoms with Crippen molar-refractivity contribution in [2.24, 2.45) is 5.73 Å². The van der Waals surface area contributed by atoms with Crippen LogP contribution in [0.3, 0.4) is 0 Å². The second-order valence-electron chi connectivity index (χ2n) is 4.54. The predicted octanol–water partition coefficient (Wildman–Crippen LogP) is 1.66. The summed E-state index contributed by atoms with van der Waals surface area (Å²) in [6.07, 6.45) is 2.97. The molecule has 0 saturated heterocycles. The Morgan fingerprint density at radius 3 is 2.88 bits per heavy atom. The van der Waals surface area contributed by atoms with E-state index in [1.165, 1.54) is 5.56 Å². The molecular weight excluding hydrogens is 212 g/mol. The van der Waals surface area contributed by atoms with Crippen LogP contribution in [-0.4, -0.2) is 14.8 Å². The van der Waals surface area contributed by atoms with Gasteiger partial charge < -0.3 is 10.3 Å². The Balaban J connectivity index is 1.90. The number of nitrogens with zero attached hydrogens (tertiary/aromatic N) is 3. The van der Waals surface area contributed by atoms with Gasteiger partial charge in [0.15, 0.2) is 0 Å². The second-order valence-corrected chi connectivity index (χ2v) is 4.54. The van der Waals surface area contributed by atoms with Crippen molar-refractivity contribution in [2.75, 3.05) is 0 Å². The summed E-state index contributed by atoms with van der Waals surface area (Å²) in [6, 6.07) is 10.4. The van der Waals surface area contributed by atoms with Gasteiger partial charge in [0, 0.05) is 13.0 Å². The highest BCUT2D eigenvalue weighted by Gasteiger charge is 2.21. The fourth-order valence-corrected chi connectivity index (χ4v) is 2.37. The molecule has 1 aromatic heterocycles. The number of fused-ring (bicyclic) bond motifs is 1. The maximum absolute atomic E-state index is 6.03. The van der Waals surface area contributed by atoms with Crippen molar-refractivity contribution in [1.29, 1.82) is 0 Å². The van der Waals surface area contributed by atoms with Gasteiger partial charge in [-0.1, -0.05) is 30.3 Å². The maximum atomic E-state index is 6.03. The second kappa shape index (κ2) is 4.30. The maximum Gasteiger partial charge on any atom is 0.149 e. The summed E-state index contributed by atoms with van der Waals surface area (Å²) in [5.74, 6) is 1.98. The van der Waals surface area contributed by atoms with Crippen LogP contribution >= 0.6 is 0 Å². The van der Waals surface area contributed by atoms with Gasteiger partial charge in [0.2, 0.25) is 0 Å². The minimum absolute atomic E-state index is 0.0563. The van der Waals surface area contributed by atoms with Crippen molar-refractivity contribution < 1.29 is 0 Å². The molecular formula is C13H16N4. The molecule has 88 valence electrons. The number of hydrogen-bond donors (Lipinski definition) is 1. The number of benzene rings is 1. The lowest BCUT2D eigenvalue weighted by Crippen LogP contribution is -2.23. The van der Waals surface area contributed by atoms with Crippen molar-refractivity contribution >= 4 is 0 Å². The number of rotatable bonds is 2. The van der Waals surface area contributed by atoms with Gasteiger partial charge in [-0.15, -0.1) is 10.2 Å². The molecule has 0 radical (unpaired) electrons. The van der Waals surface area contributed by atoms with Gasteiger partial charge in [0.1, 0.15) is 11.6 Å². The van der Waals surface area contributed by atoms with Gasteiger partial charge in [-0.3, -0.25) is 0 Å². The average molecular weight is 228 g/mol. The average Bonchev–Trinajstić information content (AvgIpc) is 2.76. The predicted molar refractivity (Wildman–Crippen MR) is 65.4 cm³/mol. The number of aromatic nitrogens is 3. The first-order valence-electron chi connectivity index (χ1n) is 6.06. The molecule has 2 heterocycles. The van der Waals surface area contributed by atoms with Crippen molar-refractivity contribution in [3.8, 4) is 0 Å². The van der Waals surface area contributed by atoms with Gasteiger partial charge >= 0.3 is 0 Å². The Kier molecular flexibility index (Phi) is 2.65. The van der Waals surface area contributed by atoms with Crippen molar-refractivity contribution in [3.05, 3.63) is 47.5 Å². The van der Waals surface area contributed by atoms with Gasteiger partial charge in [-0.05, 0) is 18.4 Å². The zero-order valence-corrected chi connectivity index (χ0v) is 9.71. The monoisotopic (exact) mass is 228 g/mol. The number of nitrogens with two attached hydrogens (primary N) is 1. The third-order valence-electron chi connectivity index (χ3n) is 3.29. The topological polar surface area (TPSA) is 56.7 Å². The molecule has 1 aliphatic rings. The summed E-state index contributed by atoms with van der Waals surface area (Å²) in [5.41, 5.74) is 7.30. The molecule has 3 rings (SSSR count). The lowest BCUT2D eigenvalue weighted by molar-refractivity contribution is 0.444. The first kappa shape index (κ1) is 10.5. The lowest BCUT2D eigenvalue weighted by atomic mass is 10.1. The Bertz CT molecular complexity index is 503. The standard InChI is InChI=1S/C13H16N4/c14-11-7-4-8-17-12(15-16-13(11)17)9-10-5-2-1-3-6-10/h1-3,5-6,11H,4,7-9,14H2. The third-order valence-corrected chi connectivity index (χ3v) is 3.29. The Morgan fingerprint density at radius 2 is 2.06 bits per heavy atom. The molecule has 1 aliphatic heterocycles. The first-order valence-corrected chi connectivity index (χ1v) is 6.06. The molecule has 1 aromatic carbocycles. The fourth-order valence-electron chi connectivity index (χ4n) is 2.37. The summed E-state index contributed by atoms with van der Waals surface area (Å²) < 4.78 is 2.18. The third kappa shape index (κ3) is 1.96. The van der Waals surface area contributed by atoms with E-state index < -0.39 is 0 Å². The highest BCUT2D eigenvalue weighted by atomic mass is 15.3. The van der Waals surface area contributed by atoms with Crippen LogP contribution in [0.25, 0.3) is 0 Å². The van der Waals surface area contributed by atoms with Crippen LogP contribution in [0, 0.1) is 0 Å². The van der Waals surface area contributed by atoms with E-state index in [2.05, 4.69) is 39.0 Å². The van der Waals surface area contributed by atoms with E-state index in [9.17, 15) is 0 Å². The quantitative estimate of drug-likeness (QED) is 0.850. The van der Waals surface area contributed by atoms with Crippen LogP contribution in [-0.2, 0) is 13.0 Å². The van der Waals surface area contributed by atoms with E-state index in [-0.39, 0.29) is 6.04 Å². The normalized spacial score (nSPS) is 19.0. The van der Waals surface area contributed by atoms with Crippen molar-refractivity contribution in [1.82, 2.24) is 14.8 Å². The van der Waals surface area contributed by atoms with Crippen LogP contribution in [0.4, 0.5) is 0 Å². The van der Waals surface area contributed by atoms with E-state index in [1.807, 2.05) is 6.07 Å². The highest BCUT2D eigenvalue weighted by molar-refractivity contribution is 5.19. The molecule has 1 unspecified atom stereocenters. The largest absolute Gasteiger partial charge is 0.321 e. The van der Waals surface area contributed by atoms with Crippen LogP contribution in [0.5, 0.6) is 0 Å². The summed E-state index contributed by atoms with van der Waals surface area (Å²) >= 11 is 0. The minimum Gasteiger partial charge on any atom is -0.321 e. The minimum atomic E-state index is 0.0563. The zero-order chi connectivity index (χ0) is 11.7. The van der Waals surface area contributed by atoms with E-state index in [1.54, 1.807) is 0 Å². The first-order chi connectivity index (χ1) is 8.34. The molecule has 4 nitrogen and oxygen atoms in total. The lowest BCUT2D eigenvalue weighted by Gasteiger charge is -2.20. The molecule has 4 heteroatoms. The van der Waals surface area contributed by atoms with Crippen LogP contribution in [0.15, 0.2) is 30.3 Å². The summed E-state index contributed by atoms with van der Waals surface area (Å²) in [7, 11) is 0. The number of hydrogen-bond acceptors (Lipinski definition) is 3. The summed E-state index contributed by atoms with van der Waals surface area (Å²) in [5, 5.41) is 8.50. The molecule has 0 bridgehead atoms.